The Morgan fingerprint density at radius 3 is 2.42 bits per heavy atom. The number of benzene rings is 2. The largest absolute Gasteiger partial charge is 3.00 e. The Labute approximate surface area is 186 Å². The summed E-state index contributed by atoms with van der Waals surface area (Å²) in [5.41, 5.74) is 11.2. The Bertz CT molecular complexity index is 948. The molecule has 0 amide bonds. The smallest absolute Gasteiger partial charge is 1.00 e. The van der Waals surface area contributed by atoms with Gasteiger partial charge in [-0.1, -0.05) is 72.2 Å². The molecule has 0 saturated carbocycles. The van der Waals surface area contributed by atoms with Crippen molar-refractivity contribution in [1.29, 1.82) is 0 Å². The van der Waals surface area contributed by atoms with E-state index < -0.39 is 0 Å². The van der Waals surface area contributed by atoms with Gasteiger partial charge in [0.05, 0.1) is 0 Å². The molecule has 1 radical (unpaired) electrons. The first-order valence-corrected chi connectivity index (χ1v) is 8.30. The first-order valence-electron chi connectivity index (χ1n) is 8.30. The summed E-state index contributed by atoms with van der Waals surface area (Å²) in [6, 6.07) is 15.5. The zero-order valence-electron chi connectivity index (χ0n) is 14.2. The Kier molecular flexibility index (Phi) is 7.08. The summed E-state index contributed by atoms with van der Waals surface area (Å²) < 4.78 is 0. The molecule has 3 heteroatoms. The van der Waals surface area contributed by atoms with Crippen molar-refractivity contribution in [2.24, 2.45) is 0 Å². The van der Waals surface area contributed by atoms with Crippen molar-refractivity contribution in [3.05, 3.63) is 101 Å². The van der Waals surface area contributed by atoms with Gasteiger partial charge in [0, 0.05) is 0 Å². The summed E-state index contributed by atoms with van der Waals surface area (Å²) >= 11 is 0. The average Bonchev–Trinajstić information content (AvgIpc) is 3.32. The molecule has 0 unspecified atom stereocenters. The van der Waals surface area contributed by atoms with Crippen molar-refractivity contribution in [2.45, 2.75) is 19.3 Å². The van der Waals surface area contributed by atoms with Crippen LogP contribution in [0.5, 0.6) is 0 Å². The second-order valence-corrected chi connectivity index (χ2v) is 6.36. The Morgan fingerprint density at radius 2 is 1.62 bits per heavy atom. The van der Waals surface area contributed by atoms with Crippen LogP contribution in [0, 0.1) is 6.08 Å². The van der Waals surface area contributed by atoms with Gasteiger partial charge in [-0.15, -0.1) is 23.3 Å². The number of fused-ring (bicyclic) bond motifs is 3. The second-order valence-electron chi connectivity index (χ2n) is 6.36. The SMILES string of the molecule is [C-]1=C(c2cccc3c2Cc2ccccc2-3)C(C2=CC=CC2)=CC1.[Cl-].[Cl-].[Zr+3]. The molecule has 2 aromatic carbocycles. The molecule has 0 atom stereocenters. The number of hydrogen-bond acceptors (Lipinski definition) is 0. The molecule has 0 fully saturated rings. The van der Waals surface area contributed by atoms with Gasteiger partial charge in [0.1, 0.15) is 0 Å². The van der Waals surface area contributed by atoms with Crippen molar-refractivity contribution in [3.63, 3.8) is 0 Å². The summed E-state index contributed by atoms with van der Waals surface area (Å²) in [5, 5.41) is 0. The normalized spacial score (nSPS) is 15.6. The van der Waals surface area contributed by atoms with Crippen LogP contribution in [0.2, 0.25) is 0 Å². The topological polar surface area (TPSA) is 0 Å². The third-order valence-electron chi connectivity index (χ3n) is 5.09. The first-order chi connectivity index (χ1) is 11.4. The van der Waals surface area contributed by atoms with Crippen LogP contribution in [0.25, 0.3) is 16.7 Å². The molecule has 3 aliphatic carbocycles. The van der Waals surface area contributed by atoms with Crippen molar-refractivity contribution in [1.82, 2.24) is 0 Å². The third-order valence-corrected chi connectivity index (χ3v) is 5.09. The summed E-state index contributed by atoms with van der Waals surface area (Å²) in [6.07, 6.45) is 15.6. The van der Waals surface area contributed by atoms with Crippen LogP contribution in [-0.2, 0) is 32.6 Å². The minimum absolute atomic E-state index is 0. The zero-order valence-corrected chi connectivity index (χ0v) is 18.2. The maximum Gasteiger partial charge on any atom is 3.00 e. The molecule has 0 N–H and O–H groups in total. The van der Waals surface area contributed by atoms with Crippen LogP contribution in [0.3, 0.4) is 0 Å². The van der Waals surface area contributed by atoms with Gasteiger partial charge in [-0.05, 0) is 29.5 Å². The summed E-state index contributed by atoms with van der Waals surface area (Å²) in [7, 11) is 0. The standard InChI is InChI=1S/C23H17.2ClH.Zr/c1-2-8-16(7-1)18-11-5-12-20(18)22-14-6-13-21-19-10-4-3-9-17(19)15-23(21)22;;;/h1-4,6-7,9-11,13-14H,5,8,15H2;2*1H;/q-1;;;+3/p-2. The molecule has 0 aromatic heterocycles. The van der Waals surface area contributed by atoms with Gasteiger partial charge in [0.25, 0.3) is 0 Å². The molecule has 26 heavy (non-hydrogen) atoms. The van der Waals surface area contributed by atoms with Crippen LogP contribution in [0.4, 0.5) is 0 Å². The van der Waals surface area contributed by atoms with Gasteiger partial charge in [0.15, 0.2) is 0 Å². The van der Waals surface area contributed by atoms with Gasteiger partial charge in [-0.25, -0.2) is 0 Å². The van der Waals surface area contributed by atoms with E-state index in [1.165, 1.54) is 44.5 Å². The maximum absolute atomic E-state index is 3.61. The quantitative estimate of drug-likeness (QED) is 0.465. The van der Waals surface area contributed by atoms with E-state index in [0.717, 1.165) is 19.3 Å². The van der Waals surface area contributed by atoms with E-state index in [2.05, 4.69) is 72.8 Å². The Morgan fingerprint density at radius 1 is 0.846 bits per heavy atom. The minimum atomic E-state index is 0. The molecule has 0 heterocycles. The Balaban J connectivity index is 0.000000810. The molecule has 0 nitrogen and oxygen atoms in total. The van der Waals surface area contributed by atoms with Crippen LogP contribution in [0.15, 0.2) is 77.9 Å². The third kappa shape index (κ3) is 3.38. The molecule has 0 aliphatic heterocycles. The number of rotatable bonds is 2. The van der Waals surface area contributed by atoms with E-state index in [4.69, 9.17) is 0 Å². The predicted molar refractivity (Wildman–Crippen MR) is 95.9 cm³/mol. The fourth-order valence-corrected chi connectivity index (χ4v) is 4.02. The van der Waals surface area contributed by atoms with E-state index in [1.807, 2.05) is 0 Å². The van der Waals surface area contributed by atoms with E-state index in [0.29, 0.717) is 0 Å². The first kappa shape index (κ1) is 21.2. The van der Waals surface area contributed by atoms with Gasteiger partial charge in [-0.3, -0.25) is 0 Å². The van der Waals surface area contributed by atoms with Gasteiger partial charge < -0.3 is 24.8 Å². The molecule has 3 aliphatic rings. The molecule has 0 saturated heterocycles. The van der Waals surface area contributed by atoms with Crippen LogP contribution < -0.4 is 24.8 Å². The molecule has 5 rings (SSSR count). The van der Waals surface area contributed by atoms with E-state index in [-0.39, 0.29) is 51.0 Å². The molecule has 0 bridgehead atoms. The minimum Gasteiger partial charge on any atom is -1.00 e. The van der Waals surface area contributed by atoms with Gasteiger partial charge in [-0.2, -0.15) is 11.6 Å². The van der Waals surface area contributed by atoms with Gasteiger partial charge >= 0.3 is 26.2 Å². The number of halogens is 2. The number of allylic oxidation sites excluding steroid dienone is 8. The molecule has 2 aromatic rings. The van der Waals surface area contributed by atoms with Crippen molar-refractivity contribution >= 4 is 5.57 Å². The molecular formula is C23H17Cl2Zr. The van der Waals surface area contributed by atoms with Crippen LogP contribution >= 0.6 is 0 Å². The fraction of sp³-hybridized carbons (Fsp3) is 0.130. The Hall–Kier alpha value is -1.14. The van der Waals surface area contributed by atoms with Crippen LogP contribution in [0.1, 0.15) is 29.5 Å². The van der Waals surface area contributed by atoms with E-state index >= 15 is 0 Å². The summed E-state index contributed by atoms with van der Waals surface area (Å²) in [4.78, 5) is 0. The zero-order chi connectivity index (χ0) is 15.2. The summed E-state index contributed by atoms with van der Waals surface area (Å²) in [6.45, 7) is 0. The monoisotopic (exact) mass is 453 g/mol. The average molecular weight is 456 g/mol. The van der Waals surface area contributed by atoms with Crippen LogP contribution in [-0.4, -0.2) is 0 Å². The van der Waals surface area contributed by atoms with Crippen molar-refractivity contribution in [3.8, 4) is 11.1 Å². The van der Waals surface area contributed by atoms with Gasteiger partial charge in [0.2, 0.25) is 0 Å². The van der Waals surface area contributed by atoms with E-state index in [1.54, 1.807) is 0 Å². The van der Waals surface area contributed by atoms with Crippen molar-refractivity contribution < 1.29 is 51.0 Å². The molecular weight excluding hydrogens is 438 g/mol. The molecule has 127 valence electrons. The maximum atomic E-state index is 3.61. The van der Waals surface area contributed by atoms with Crippen molar-refractivity contribution in [2.75, 3.05) is 0 Å². The second kappa shape index (κ2) is 8.70. The fourth-order valence-electron chi connectivity index (χ4n) is 4.02. The van der Waals surface area contributed by atoms with E-state index in [9.17, 15) is 0 Å². The number of hydrogen-bond donors (Lipinski definition) is 0. The predicted octanol–water partition coefficient (Wildman–Crippen LogP) is -0.334. The summed E-state index contributed by atoms with van der Waals surface area (Å²) in [5.74, 6) is 0. The molecule has 0 spiro atoms.